The fourth-order valence-electron chi connectivity index (χ4n) is 1.71. The number of fused-ring (bicyclic) bond motifs is 1. The van der Waals surface area contributed by atoms with E-state index in [0.29, 0.717) is 5.95 Å². The van der Waals surface area contributed by atoms with Crippen molar-refractivity contribution >= 4 is 28.7 Å². The van der Waals surface area contributed by atoms with E-state index in [4.69, 9.17) is 0 Å². The maximum absolute atomic E-state index is 4.55. The maximum atomic E-state index is 4.55. The summed E-state index contributed by atoms with van der Waals surface area (Å²) in [7, 11) is 0. The molecule has 102 valence electrons. The second kappa shape index (κ2) is 5.87. The lowest BCUT2D eigenvalue weighted by Crippen LogP contribution is -2.05. The largest absolute Gasteiger partial charge is 0.354 e. The van der Waals surface area contributed by atoms with E-state index in [1.54, 1.807) is 12.4 Å². The molecule has 0 saturated carbocycles. The van der Waals surface area contributed by atoms with Crippen molar-refractivity contribution in [1.29, 1.82) is 0 Å². The smallest absolute Gasteiger partial charge is 0.225 e. The minimum absolute atomic E-state index is 0.613. The highest BCUT2D eigenvalue weighted by molar-refractivity contribution is 7.99. The second-order valence-electron chi connectivity index (χ2n) is 4.18. The first-order valence-corrected chi connectivity index (χ1v) is 7.22. The topological polar surface area (TPSA) is 79.4 Å². The molecule has 0 saturated heterocycles. The van der Waals surface area contributed by atoms with Crippen molar-refractivity contribution in [2.75, 3.05) is 11.9 Å². The van der Waals surface area contributed by atoms with Crippen molar-refractivity contribution in [3.05, 3.63) is 30.6 Å². The number of nitrogens with one attached hydrogen (secondary N) is 2. The molecule has 0 aromatic carbocycles. The van der Waals surface area contributed by atoms with E-state index < -0.39 is 0 Å². The van der Waals surface area contributed by atoms with Gasteiger partial charge in [-0.2, -0.15) is 10.1 Å². The lowest BCUT2D eigenvalue weighted by molar-refractivity contribution is 0.943. The maximum Gasteiger partial charge on any atom is 0.225 e. The van der Waals surface area contributed by atoms with E-state index in [-0.39, 0.29) is 0 Å². The third kappa shape index (κ3) is 2.72. The zero-order valence-corrected chi connectivity index (χ0v) is 11.8. The van der Waals surface area contributed by atoms with Crippen molar-refractivity contribution in [2.24, 2.45) is 0 Å². The minimum atomic E-state index is 0.613. The van der Waals surface area contributed by atoms with E-state index in [1.165, 1.54) is 11.8 Å². The van der Waals surface area contributed by atoms with Crippen LogP contribution in [-0.4, -0.2) is 31.7 Å². The molecule has 0 bridgehead atoms. The average Bonchev–Trinajstić information content (AvgIpc) is 2.95. The Morgan fingerprint density at radius 2 is 2.25 bits per heavy atom. The van der Waals surface area contributed by atoms with Gasteiger partial charge < -0.3 is 5.32 Å². The van der Waals surface area contributed by atoms with Gasteiger partial charge in [0.1, 0.15) is 10.1 Å². The molecule has 0 fully saturated rings. The molecule has 20 heavy (non-hydrogen) atoms. The van der Waals surface area contributed by atoms with Gasteiger partial charge in [0.15, 0.2) is 5.65 Å². The molecule has 0 aliphatic rings. The van der Waals surface area contributed by atoms with Gasteiger partial charge in [0.25, 0.3) is 0 Å². The molecule has 0 unspecified atom stereocenters. The second-order valence-corrected chi connectivity index (χ2v) is 5.19. The van der Waals surface area contributed by atoms with E-state index >= 15 is 0 Å². The fourth-order valence-corrected chi connectivity index (χ4v) is 2.56. The number of pyridine rings is 1. The van der Waals surface area contributed by atoms with Gasteiger partial charge in [-0.25, -0.2) is 9.97 Å². The van der Waals surface area contributed by atoms with E-state index in [1.807, 2.05) is 18.2 Å². The van der Waals surface area contributed by atoms with E-state index in [2.05, 4.69) is 37.4 Å². The standard InChI is InChI=1S/C13H14N6S/c1-2-6-15-13-17-11-9(8-16-19-11)12(18-13)20-10-5-3-4-7-14-10/h3-5,7-8H,2,6H2,1H3,(H2,15,16,17,18,19). The van der Waals surface area contributed by atoms with E-state index in [0.717, 1.165) is 34.1 Å². The van der Waals surface area contributed by atoms with Crippen LogP contribution in [0.1, 0.15) is 13.3 Å². The van der Waals surface area contributed by atoms with Crippen LogP contribution in [0.5, 0.6) is 0 Å². The van der Waals surface area contributed by atoms with Crippen molar-refractivity contribution < 1.29 is 0 Å². The third-order valence-corrected chi connectivity index (χ3v) is 3.60. The van der Waals surface area contributed by atoms with Crippen LogP contribution >= 0.6 is 11.8 Å². The molecule has 0 radical (unpaired) electrons. The summed E-state index contributed by atoms with van der Waals surface area (Å²) in [6.45, 7) is 2.94. The number of aromatic nitrogens is 5. The van der Waals surface area contributed by atoms with Crippen LogP contribution < -0.4 is 5.32 Å². The molecular formula is C13H14N6S. The number of hydrogen-bond acceptors (Lipinski definition) is 6. The first kappa shape index (κ1) is 12.9. The normalized spacial score (nSPS) is 10.8. The van der Waals surface area contributed by atoms with Crippen LogP contribution in [0, 0.1) is 0 Å². The summed E-state index contributed by atoms with van der Waals surface area (Å²) in [4.78, 5) is 13.3. The van der Waals surface area contributed by atoms with Crippen molar-refractivity contribution in [2.45, 2.75) is 23.4 Å². The molecule has 3 rings (SSSR count). The van der Waals surface area contributed by atoms with Gasteiger partial charge in [-0.15, -0.1) is 0 Å². The zero-order valence-electron chi connectivity index (χ0n) is 11.0. The van der Waals surface area contributed by atoms with Gasteiger partial charge in [-0.1, -0.05) is 13.0 Å². The Balaban J connectivity index is 1.97. The molecule has 0 atom stereocenters. The highest BCUT2D eigenvalue weighted by Gasteiger charge is 2.11. The number of nitrogens with zero attached hydrogens (tertiary/aromatic N) is 4. The highest BCUT2D eigenvalue weighted by Crippen LogP contribution is 2.30. The molecule has 2 N–H and O–H groups in total. The monoisotopic (exact) mass is 286 g/mol. The Morgan fingerprint density at radius 1 is 1.30 bits per heavy atom. The first-order valence-electron chi connectivity index (χ1n) is 6.40. The molecular weight excluding hydrogens is 272 g/mol. The van der Waals surface area contributed by atoms with Crippen LogP contribution in [0.4, 0.5) is 5.95 Å². The molecule has 0 spiro atoms. The SMILES string of the molecule is CCCNc1nc(Sc2ccccn2)c2cn[nH]c2n1. The number of aromatic amines is 1. The summed E-state index contributed by atoms with van der Waals surface area (Å²) in [5, 5.41) is 12.8. The van der Waals surface area contributed by atoms with Crippen molar-refractivity contribution in [3.8, 4) is 0 Å². The van der Waals surface area contributed by atoms with E-state index in [9.17, 15) is 0 Å². The summed E-state index contributed by atoms with van der Waals surface area (Å²) in [6.07, 6.45) is 4.53. The lowest BCUT2D eigenvalue weighted by atomic mass is 10.4. The van der Waals surface area contributed by atoms with Crippen LogP contribution in [0.3, 0.4) is 0 Å². The number of rotatable bonds is 5. The van der Waals surface area contributed by atoms with Gasteiger partial charge in [0.05, 0.1) is 11.6 Å². The Bertz CT molecular complexity index is 696. The van der Waals surface area contributed by atoms with Gasteiger partial charge in [0.2, 0.25) is 5.95 Å². The van der Waals surface area contributed by atoms with Crippen LogP contribution in [0.15, 0.2) is 40.6 Å². The predicted octanol–water partition coefficient (Wildman–Crippen LogP) is 2.72. The molecule has 6 nitrogen and oxygen atoms in total. The summed E-state index contributed by atoms with van der Waals surface area (Å²) in [6, 6.07) is 5.81. The molecule has 0 aliphatic carbocycles. The molecule has 7 heteroatoms. The summed E-state index contributed by atoms with van der Waals surface area (Å²) in [5.41, 5.74) is 0.733. The Kier molecular flexibility index (Phi) is 3.78. The minimum Gasteiger partial charge on any atom is -0.354 e. The first-order chi connectivity index (χ1) is 9.86. The summed E-state index contributed by atoms with van der Waals surface area (Å²) < 4.78 is 0. The molecule has 0 amide bonds. The fraction of sp³-hybridized carbons (Fsp3) is 0.231. The lowest BCUT2D eigenvalue weighted by Gasteiger charge is -2.06. The van der Waals surface area contributed by atoms with Gasteiger partial charge in [0, 0.05) is 12.7 Å². The number of H-pyrrole nitrogens is 1. The average molecular weight is 286 g/mol. The summed E-state index contributed by atoms with van der Waals surface area (Å²) >= 11 is 1.51. The van der Waals surface area contributed by atoms with Gasteiger partial charge in [-0.3, -0.25) is 5.10 Å². The quantitative estimate of drug-likeness (QED) is 0.702. The highest BCUT2D eigenvalue weighted by atomic mass is 32.2. The Morgan fingerprint density at radius 3 is 3.05 bits per heavy atom. The van der Waals surface area contributed by atoms with Crippen LogP contribution in [0.25, 0.3) is 11.0 Å². The summed E-state index contributed by atoms with van der Waals surface area (Å²) in [5.74, 6) is 0.613. The van der Waals surface area contributed by atoms with Crippen LogP contribution in [0.2, 0.25) is 0 Å². The Hall–Kier alpha value is -2.15. The van der Waals surface area contributed by atoms with Crippen molar-refractivity contribution in [3.63, 3.8) is 0 Å². The molecule has 0 aliphatic heterocycles. The van der Waals surface area contributed by atoms with Crippen LogP contribution in [-0.2, 0) is 0 Å². The molecule has 3 aromatic heterocycles. The molecule has 3 aromatic rings. The third-order valence-electron chi connectivity index (χ3n) is 2.65. The van der Waals surface area contributed by atoms with Gasteiger partial charge in [-0.05, 0) is 30.3 Å². The van der Waals surface area contributed by atoms with Crippen molar-refractivity contribution in [1.82, 2.24) is 25.1 Å². The number of hydrogen-bond donors (Lipinski definition) is 2. The predicted molar refractivity (Wildman–Crippen MR) is 78.8 cm³/mol. The van der Waals surface area contributed by atoms with Gasteiger partial charge >= 0.3 is 0 Å². The Labute approximate surface area is 120 Å². The molecule has 3 heterocycles. The number of anilines is 1. The zero-order chi connectivity index (χ0) is 13.8.